The zero-order chi connectivity index (χ0) is 18.2. The van der Waals surface area contributed by atoms with Crippen LogP contribution in [0, 0.1) is 6.92 Å². The van der Waals surface area contributed by atoms with Gasteiger partial charge in [-0.3, -0.25) is 5.32 Å². The Morgan fingerprint density at radius 3 is 2.60 bits per heavy atom. The molecule has 0 aromatic heterocycles. The van der Waals surface area contributed by atoms with Crippen molar-refractivity contribution in [2.24, 2.45) is 0 Å². The summed E-state index contributed by atoms with van der Waals surface area (Å²) in [6.07, 6.45) is 1.19. The zero-order valence-electron chi connectivity index (χ0n) is 15.2. The van der Waals surface area contributed by atoms with E-state index in [2.05, 4.69) is 5.32 Å². The van der Waals surface area contributed by atoms with Gasteiger partial charge in [0.1, 0.15) is 10.6 Å². The smallest absolute Gasteiger partial charge is 0.197 e. The van der Waals surface area contributed by atoms with Crippen molar-refractivity contribution in [1.29, 1.82) is 0 Å². The molecule has 2 aromatic carbocycles. The fraction of sp³-hybridized carbons (Fsp3) is 0.400. The maximum atomic E-state index is 13.4. The zero-order valence-corrected chi connectivity index (χ0v) is 16.0. The van der Waals surface area contributed by atoms with Gasteiger partial charge in [-0.25, -0.2) is 8.42 Å². The van der Waals surface area contributed by atoms with Crippen LogP contribution in [0.25, 0.3) is 0 Å². The van der Waals surface area contributed by atoms with E-state index >= 15 is 0 Å². The van der Waals surface area contributed by atoms with Crippen LogP contribution in [0.15, 0.2) is 47.4 Å². The molecule has 0 amide bonds. The number of hydrogen-bond acceptors (Lipinski definition) is 4. The third-order valence-corrected chi connectivity index (χ3v) is 7.23. The third kappa shape index (κ3) is 3.31. The van der Waals surface area contributed by atoms with Crippen LogP contribution < -0.4 is 10.1 Å². The van der Waals surface area contributed by atoms with Crippen molar-refractivity contribution in [1.82, 2.24) is 5.32 Å². The molecule has 1 N–H and O–H groups in total. The largest absolute Gasteiger partial charge is 0.497 e. The van der Waals surface area contributed by atoms with E-state index in [0.717, 1.165) is 23.3 Å². The molecule has 1 aliphatic rings. The van der Waals surface area contributed by atoms with Crippen LogP contribution in [0.5, 0.6) is 5.75 Å². The van der Waals surface area contributed by atoms with Crippen molar-refractivity contribution in [3.63, 3.8) is 0 Å². The molecule has 0 saturated carbocycles. The summed E-state index contributed by atoms with van der Waals surface area (Å²) in [5, 5.41) is 3.37. The predicted octanol–water partition coefficient (Wildman–Crippen LogP) is 3.27. The molecule has 5 heteroatoms. The lowest BCUT2D eigenvalue weighted by Gasteiger charge is -2.32. The van der Waals surface area contributed by atoms with Crippen LogP contribution in [-0.2, 0) is 22.7 Å². The van der Waals surface area contributed by atoms with Gasteiger partial charge in [-0.15, -0.1) is 0 Å². The third-order valence-electron chi connectivity index (χ3n) is 4.91. The number of benzene rings is 2. The summed E-state index contributed by atoms with van der Waals surface area (Å²) in [5.41, 5.74) is 3.13. The Morgan fingerprint density at radius 1 is 1.16 bits per heavy atom. The first-order valence-corrected chi connectivity index (χ1v) is 9.98. The molecule has 1 aliphatic heterocycles. The van der Waals surface area contributed by atoms with E-state index in [-0.39, 0.29) is 6.04 Å². The van der Waals surface area contributed by atoms with E-state index in [1.165, 1.54) is 5.56 Å². The van der Waals surface area contributed by atoms with Crippen LogP contribution in [0.3, 0.4) is 0 Å². The van der Waals surface area contributed by atoms with Gasteiger partial charge in [0.2, 0.25) is 0 Å². The highest BCUT2D eigenvalue weighted by Gasteiger charge is 2.43. The monoisotopic (exact) mass is 359 g/mol. The van der Waals surface area contributed by atoms with E-state index < -0.39 is 14.7 Å². The van der Waals surface area contributed by atoms with Crippen LogP contribution >= 0.6 is 0 Å². The van der Waals surface area contributed by atoms with Gasteiger partial charge in [-0.1, -0.05) is 18.2 Å². The van der Waals surface area contributed by atoms with Gasteiger partial charge in [0, 0.05) is 12.5 Å². The molecule has 2 atom stereocenters. The van der Waals surface area contributed by atoms with Crippen molar-refractivity contribution in [2.75, 3.05) is 7.11 Å². The highest BCUT2D eigenvalue weighted by Crippen LogP contribution is 2.33. The summed E-state index contributed by atoms with van der Waals surface area (Å²) in [4.78, 5) is -0.710. The molecule has 0 aliphatic carbocycles. The average Bonchev–Trinajstić information content (AvgIpc) is 2.69. The Hall–Kier alpha value is -1.85. The second-order valence-electron chi connectivity index (χ2n) is 7.11. The fourth-order valence-electron chi connectivity index (χ4n) is 3.62. The van der Waals surface area contributed by atoms with Crippen molar-refractivity contribution in [3.05, 3.63) is 59.2 Å². The van der Waals surface area contributed by atoms with Gasteiger partial charge in [-0.05, 0) is 68.1 Å². The summed E-state index contributed by atoms with van der Waals surface area (Å²) in [6.45, 7) is 5.73. The minimum atomic E-state index is -3.55. The van der Waals surface area contributed by atoms with Crippen molar-refractivity contribution < 1.29 is 13.2 Å². The molecule has 3 rings (SSSR count). The summed E-state index contributed by atoms with van der Waals surface area (Å²) < 4.78 is 32.2. The molecular formula is C20H25NO3S. The molecule has 0 spiro atoms. The maximum absolute atomic E-state index is 13.4. The van der Waals surface area contributed by atoms with Crippen molar-refractivity contribution in [2.45, 2.75) is 49.4 Å². The Balaban J connectivity index is 2.10. The minimum absolute atomic E-state index is 0.0548. The van der Waals surface area contributed by atoms with Crippen molar-refractivity contribution in [3.8, 4) is 5.75 Å². The van der Waals surface area contributed by atoms with E-state index in [4.69, 9.17) is 4.74 Å². The lowest BCUT2D eigenvalue weighted by Crippen LogP contribution is -2.53. The summed E-state index contributed by atoms with van der Waals surface area (Å²) >= 11 is 0. The molecule has 4 nitrogen and oxygen atoms in total. The molecule has 0 fully saturated rings. The molecule has 2 unspecified atom stereocenters. The normalized spacial score (nSPS) is 23.6. The topological polar surface area (TPSA) is 55.4 Å². The second kappa shape index (κ2) is 6.46. The number of methoxy groups -OCH3 is 1. The maximum Gasteiger partial charge on any atom is 0.197 e. The number of sulfone groups is 1. The molecule has 25 heavy (non-hydrogen) atoms. The summed E-state index contributed by atoms with van der Waals surface area (Å²) in [5.74, 6) is 0.753. The molecule has 1 heterocycles. The van der Waals surface area contributed by atoms with Crippen LogP contribution in [0.4, 0.5) is 0 Å². The summed E-state index contributed by atoms with van der Waals surface area (Å²) in [7, 11) is -1.93. The molecule has 0 bridgehead atoms. The summed E-state index contributed by atoms with van der Waals surface area (Å²) in [6, 6.07) is 13.1. The molecule has 2 aromatic rings. The number of nitrogens with one attached hydrogen (secondary N) is 1. The Labute approximate surface area is 150 Å². The number of aryl methyl sites for hydroxylation is 1. The number of fused-ring (bicyclic) bond motifs is 1. The number of hydrogen-bond donors (Lipinski definition) is 1. The van der Waals surface area contributed by atoms with Crippen LogP contribution in [-0.4, -0.2) is 26.4 Å². The predicted molar refractivity (Wildman–Crippen MR) is 99.8 cm³/mol. The Kier molecular flexibility index (Phi) is 4.64. The Bertz CT molecular complexity index is 892. The van der Waals surface area contributed by atoms with Crippen molar-refractivity contribution >= 4 is 9.84 Å². The lowest BCUT2D eigenvalue weighted by molar-refractivity contribution is 0.408. The molecule has 0 saturated heterocycles. The van der Waals surface area contributed by atoms with Crippen LogP contribution in [0.2, 0.25) is 0 Å². The molecule has 0 radical (unpaired) electrons. The number of ether oxygens (including phenoxy) is 1. The molecular weight excluding hydrogens is 334 g/mol. The quantitative estimate of drug-likeness (QED) is 0.914. The standard InChI is InChI=1S/C20H25NO3S/c1-14-6-5-7-19(10-14)25(22,23)20(3)13-17-12-18(24-4)9-8-16(17)11-15(2)21-20/h5-10,12,15,21H,11,13H2,1-4H3. The van der Waals surface area contributed by atoms with Gasteiger partial charge >= 0.3 is 0 Å². The van der Waals surface area contributed by atoms with Crippen LogP contribution in [0.1, 0.15) is 30.5 Å². The van der Waals surface area contributed by atoms with Gasteiger partial charge in [0.05, 0.1) is 12.0 Å². The first-order chi connectivity index (χ1) is 11.7. The van der Waals surface area contributed by atoms with E-state index in [1.807, 2.05) is 38.1 Å². The number of rotatable bonds is 3. The van der Waals surface area contributed by atoms with E-state index in [0.29, 0.717) is 11.3 Å². The van der Waals surface area contributed by atoms with Gasteiger partial charge in [0.25, 0.3) is 0 Å². The average molecular weight is 359 g/mol. The Morgan fingerprint density at radius 2 is 1.92 bits per heavy atom. The highest BCUT2D eigenvalue weighted by molar-refractivity contribution is 7.92. The van der Waals surface area contributed by atoms with Gasteiger partial charge in [-0.2, -0.15) is 0 Å². The molecule has 134 valence electrons. The second-order valence-corrected chi connectivity index (χ2v) is 9.49. The first-order valence-electron chi connectivity index (χ1n) is 8.50. The van der Waals surface area contributed by atoms with E-state index in [9.17, 15) is 8.42 Å². The highest BCUT2D eigenvalue weighted by atomic mass is 32.2. The lowest BCUT2D eigenvalue weighted by atomic mass is 9.99. The van der Waals surface area contributed by atoms with Gasteiger partial charge in [0.15, 0.2) is 9.84 Å². The fourth-order valence-corrected chi connectivity index (χ4v) is 5.45. The van der Waals surface area contributed by atoms with E-state index in [1.54, 1.807) is 32.2 Å². The SMILES string of the molecule is COc1ccc2c(c1)CC(C)(S(=O)(=O)c1cccc(C)c1)NC(C)C2. The minimum Gasteiger partial charge on any atom is -0.497 e. The first kappa shape index (κ1) is 18.0. The van der Waals surface area contributed by atoms with Gasteiger partial charge < -0.3 is 4.74 Å².